The molecule has 2 N–H and O–H groups in total. The van der Waals surface area contributed by atoms with E-state index < -0.39 is 5.97 Å². The van der Waals surface area contributed by atoms with Crippen LogP contribution in [0.15, 0.2) is 42.5 Å². The second-order valence-electron chi connectivity index (χ2n) is 5.98. The van der Waals surface area contributed by atoms with E-state index in [1.807, 2.05) is 24.3 Å². The molecule has 138 valence electrons. The fourth-order valence-corrected chi connectivity index (χ4v) is 2.74. The molecule has 1 fully saturated rings. The predicted molar refractivity (Wildman–Crippen MR) is 97.7 cm³/mol. The van der Waals surface area contributed by atoms with Gasteiger partial charge in [0.1, 0.15) is 18.2 Å². The fourth-order valence-electron chi connectivity index (χ4n) is 2.74. The molecule has 0 unspecified atom stereocenters. The maximum absolute atomic E-state index is 11.0. The summed E-state index contributed by atoms with van der Waals surface area (Å²) in [6.45, 7) is 5.43. The van der Waals surface area contributed by atoms with Crippen LogP contribution in [0.3, 0.4) is 0 Å². The Morgan fingerprint density at radius 1 is 1.19 bits per heavy atom. The maximum atomic E-state index is 11.0. The largest absolute Gasteiger partial charge is 0.492 e. The summed E-state index contributed by atoms with van der Waals surface area (Å²) in [6.07, 6.45) is 0. The Morgan fingerprint density at radius 3 is 2.81 bits per heavy atom. The number of hydrogen-bond donors (Lipinski definition) is 2. The van der Waals surface area contributed by atoms with Crippen LogP contribution in [-0.4, -0.2) is 60.4 Å². The molecule has 0 aliphatic carbocycles. The molecular formula is C19H23N3O4. The second kappa shape index (κ2) is 9.17. The van der Waals surface area contributed by atoms with E-state index in [0.717, 1.165) is 44.2 Å². The van der Waals surface area contributed by atoms with E-state index in [1.54, 1.807) is 12.1 Å². The van der Waals surface area contributed by atoms with Gasteiger partial charge in [0, 0.05) is 31.7 Å². The minimum atomic E-state index is -1.04. The molecule has 0 amide bonds. The van der Waals surface area contributed by atoms with Crippen LogP contribution in [0, 0.1) is 0 Å². The minimum Gasteiger partial charge on any atom is -0.492 e. The van der Waals surface area contributed by atoms with Crippen molar-refractivity contribution in [2.75, 3.05) is 44.8 Å². The SMILES string of the molecule is O=C(O)c1cccc(NCc2ccccc2OCCN2CCOCC2)n1. The van der Waals surface area contributed by atoms with Gasteiger partial charge in [0.2, 0.25) is 0 Å². The molecule has 0 spiro atoms. The number of hydrogen-bond acceptors (Lipinski definition) is 6. The standard InChI is InChI=1S/C19H23N3O4/c23-19(24)16-5-3-7-18(21-16)20-14-15-4-1-2-6-17(15)26-13-10-22-8-11-25-12-9-22/h1-7H,8-14H2,(H,20,21)(H,23,24). The number of aromatic nitrogens is 1. The number of carbonyl (C=O) groups is 1. The first-order valence-electron chi connectivity index (χ1n) is 8.67. The topological polar surface area (TPSA) is 83.9 Å². The Labute approximate surface area is 152 Å². The summed E-state index contributed by atoms with van der Waals surface area (Å²) in [6, 6.07) is 12.7. The van der Waals surface area contributed by atoms with Crippen LogP contribution in [0.1, 0.15) is 16.1 Å². The zero-order valence-electron chi connectivity index (χ0n) is 14.6. The highest BCUT2D eigenvalue weighted by molar-refractivity contribution is 5.85. The molecule has 26 heavy (non-hydrogen) atoms. The third-order valence-corrected chi connectivity index (χ3v) is 4.17. The first kappa shape index (κ1) is 18.2. The number of carboxylic acids is 1. The van der Waals surface area contributed by atoms with Crippen LogP contribution in [0.4, 0.5) is 5.82 Å². The van der Waals surface area contributed by atoms with Gasteiger partial charge in [0.15, 0.2) is 5.69 Å². The number of aromatic carboxylic acids is 1. The molecule has 1 aromatic carbocycles. The minimum absolute atomic E-state index is 0.0186. The lowest BCUT2D eigenvalue weighted by Gasteiger charge is -2.26. The van der Waals surface area contributed by atoms with Crippen molar-refractivity contribution in [3.63, 3.8) is 0 Å². The zero-order valence-corrected chi connectivity index (χ0v) is 14.6. The average molecular weight is 357 g/mol. The van der Waals surface area contributed by atoms with Crippen molar-refractivity contribution < 1.29 is 19.4 Å². The highest BCUT2D eigenvalue weighted by Crippen LogP contribution is 2.19. The van der Waals surface area contributed by atoms with E-state index in [4.69, 9.17) is 14.6 Å². The molecule has 1 aliphatic heterocycles. The number of carboxylic acid groups (broad SMARTS) is 1. The molecule has 1 saturated heterocycles. The van der Waals surface area contributed by atoms with Gasteiger partial charge in [-0.2, -0.15) is 0 Å². The van der Waals surface area contributed by atoms with Crippen molar-refractivity contribution in [1.29, 1.82) is 0 Å². The first-order chi connectivity index (χ1) is 12.7. The number of para-hydroxylation sites is 1. The van der Waals surface area contributed by atoms with Crippen molar-refractivity contribution in [2.45, 2.75) is 6.54 Å². The summed E-state index contributed by atoms with van der Waals surface area (Å²) in [5.74, 6) is 0.302. The Bertz CT molecular complexity index is 732. The van der Waals surface area contributed by atoms with Gasteiger partial charge in [0.25, 0.3) is 0 Å². The lowest BCUT2D eigenvalue weighted by Crippen LogP contribution is -2.38. The molecule has 0 bridgehead atoms. The van der Waals surface area contributed by atoms with Crippen LogP contribution in [0.5, 0.6) is 5.75 Å². The van der Waals surface area contributed by atoms with E-state index in [-0.39, 0.29) is 5.69 Å². The molecule has 1 aromatic heterocycles. The Kier molecular flexibility index (Phi) is 6.40. The molecular weight excluding hydrogens is 334 g/mol. The third kappa shape index (κ3) is 5.18. The van der Waals surface area contributed by atoms with Crippen LogP contribution in [-0.2, 0) is 11.3 Å². The number of morpholine rings is 1. The van der Waals surface area contributed by atoms with Crippen molar-refractivity contribution in [2.24, 2.45) is 0 Å². The van der Waals surface area contributed by atoms with Crippen molar-refractivity contribution >= 4 is 11.8 Å². The summed E-state index contributed by atoms with van der Waals surface area (Å²) in [5, 5.41) is 12.2. The summed E-state index contributed by atoms with van der Waals surface area (Å²) >= 11 is 0. The number of anilines is 1. The molecule has 3 rings (SSSR count). The van der Waals surface area contributed by atoms with Crippen LogP contribution in [0.25, 0.3) is 0 Å². The number of benzene rings is 1. The van der Waals surface area contributed by atoms with E-state index in [1.165, 1.54) is 6.07 Å². The van der Waals surface area contributed by atoms with Crippen molar-refractivity contribution in [3.05, 3.63) is 53.7 Å². The van der Waals surface area contributed by atoms with Crippen LogP contribution >= 0.6 is 0 Å². The van der Waals surface area contributed by atoms with Crippen LogP contribution < -0.4 is 10.1 Å². The quantitative estimate of drug-likeness (QED) is 0.748. The molecule has 0 atom stereocenters. The monoisotopic (exact) mass is 357 g/mol. The average Bonchev–Trinajstić information content (AvgIpc) is 2.68. The Morgan fingerprint density at radius 2 is 2.00 bits per heavy atom. The molecule has 1 aliphatic rings. The van der Waals surface area contributed by atoms with Gasteiger partial charge in [-0.1, -0.05) is 24.3 Å². The Hall–Kier alpha value is -2.64. The lowest BCUT2D eigenvalue weighted by atomic mass is 10.2. The molecule has 7 heteroatoms. The first-order valence-corrected chi connectivity index (χ1v) is 8.67. The normalized spacial score (nSPS) is 14.8. The number of nitrogens with zero attached hydrogens (tertiary/aromatic N) is 2. The van der Waals surface area contributed by atoms with E-state index in [2.05, 4.69) is 15.2 Å². The number of nitrogens with one attached hydrogen (secondary N) is 1. The van der Waals surface area contributed by atoms with Gasteiger partial charge >= 0.3 is 5.97 Å². The van der Waals surface area contributed by atoms with E-state index in [0.29, 0.717) is 19.0 Å². The summed E-state index contributed by atoms with van der Waals surface area (Å²) in [5.41, 5.74) is 1.02. The highest BCUT2D eigenvalue weighted by Gasteiger charge is 2.11. The molecule has 0 saturated carbocycles. The number of ether oxygens (including phenoxy) is 2. The molecule has 2 aromatic rings. The van der Waals surface area contributed by atoms with Gasteiger partial charge in [-0.25, -0.2) is 9.78 Å². The second-order valence-corrected chi connectivity index (χ2v) is 5.98. The van der Waals surface area contributed by atoms with E-state index in [9.17, 15) is 4.79 Å². The smallest absolute Gasteiger partial charge is 0.354 e. The summed E-state index contributed by atoms with van der Waals surface area (Å²) < 4.78 is 11.3. The van der Waals surface area contributed by atoms with Crippen LogP contribution in [0.2, 0.25) is 0 Å². The van der Waals surface area contributed by atoms with Gasteiger partial charge < -0.3 is 19.9 Å². The zero-order chi connectivity index (χ0) is 18.2. The van der Waals surface area contributed by atoms with Crippen molar-refractivity contribution in [3.8, 4) is 5.75 Å². The number of pyridine rings is 1. The van der Waals surface area contributed by atoms with E-state index >= 15 is 0 Å². The van der Waals surface area contributed by atoms with Crippen molar-refractivity contribution in [1.82, 2.24) is 9.88 Å². The maximum Gasteiger partial charge on any atom is 0.354 e. The van der Waals surface area contributed by atoms with Gasteiger partial charge in [-0.05, 0) is 18.2 Å². The highest BCUT2D eigenvalue weighted by atomic mass is 16.5. The predicted octanol–water partition coefficient (Wildman–Crippen LogP) is 2.10. The van der Waals surface area contributed by atoms with Gasteiger partial charge in [0.05, 0.1) is 13.2 Å². The van der Waals surface area contributed by atoms with Gasteiger partial charge in [-0.3, -0.25) is 4.90 Å². The molecule has 2 heterocycles. The lowest BCUT2D eigenvalue weighted by molar-refractivity contribution is 0.0322. The Balaban J connectivity index is 1.55. The van der Waals surface area contributed by atoms with Gasteiger partial charge in [-0.15, -0.1) is 0 Å². The fraction of sp³-hybridized carbons (Fsp3) is 0.368. The third-order valence-electron chi connectivity index (χ3n) is 4.17. The number of rotatable bonds is 8. The summed E-state index contributed by atoms with van der Waals surface area (Å²) in [4.78, 5) is 17.4. The molecule has 7 nitrogen and oxygen atoms in total. The summed E-state index contributed by atoms with van der Waals surface area (Å²) in [7, 11) is 0. The molecule has 0 radical (unpaired) electrons.